The van der Waals surface area contributed by atoms with Gasteiger partial charge in [-0.2, -0.15) is 0 Å². The quantitative estimate of drug-likeness (QED) is 0.797. The topological polar surface area (TPSA) is 69.9 Å². The zero-order valence-electron chi connectivity index (χ0n) is 9.80. The van der Waals surface area contributed by atoms with Gasteiger partial charge < -0.3 is 14.7 Å². The zero-order chi connectivity index (χ0) is 12.1. The number of hydrogen-bond acceptors (Lipinski definition) is 5. The second-order valence-electron chi connectivity index (χ2n) is 3.62. The van der Waals surface area contributed by atoms with Gasteiger partial charge in [0.2, 0.25) is 0 Å². The molecule has 0 bridgehead atoms. The van der Waals surface area contributed by atoms with E-state index in [2.05, 4.69) is 21.7 Å². The summed E-state index contributed by atoms with van der Waals surface area (Å²) in [7, 11) is 0. The van der Waals surface area contributed by atoms with E-state index in [4.69, 9.17) is 10.2 Å². The Bertz CT molecular complexity index is 452. The highest BCUT2D eigenvalue weighted by molar-refractivity contribution is 7.98. The third-order valence-electron chi connectivity index (χ3n) is 2.35. The molecule has 0 spiro atoms. The van der Waals surface area contributed by atoms with Crippen LogP contribution in [0.3, 0.4) is 0 Å². The number of furan rings is 1. The van der Waals surface area contributed by atoms with Crippen molar-refractivity contribution in [3.8, 4) is 0 Å². The predicted molar refractivity (Wildman–Crippen MR) is 66.5 cm³/mol. The van der Waals surface area contributed by atoms with Crippen molar-refractivity contribution in [1.29, 1.82) is 0 Å². The molecule has 2 aromatic heterocycles. The smallest absolute Gasteiger partial charge is 0.191 e. The Morgan fingerprint density at radius 3 is 3.00 bits per heavy atom. The lowest BCUT2D eigenvalue weighted by molar-refractivity contribution is 0.529. The molecule has 0 amide bonds. The molecule has 5 nitrogen and oxygen atoms in total. The van der Waals surface area contributed by atoms with Crippen molar-refractivity contribution < 1.29 is 4.42 Å². The number of thioether (sulfide) groups is 1. The summed E-state index contributed by atoms with van der Waals surface area (Å²) in [5, 5.41) is 9.16. The van der Waals surface area contributed by atoms with Crippen molar-refractivity contribution >= 4 is 11.8 Å². The Balaban J connectivity index is 2.06. The molecule has 0 unspecified atom stereocenters. The summed E-state index contributed by atoms with van der Waals surface area (Å²) in [5.41, 5.74) is 5.63. The van der Waals surface area contributed by atoms with Gasteiger partial charge in [-0.05, 0) is 18.6 Å². The van der Waals surface area contributed by atoms with Crippen LogP contribution in [0.25, 0.3) is 0 Å². The first-order valence-corrected chi connectivity index (χ1v) is 6.61. The summed E-state index contributed by atoms with van der Waals surface area (Å²) in [6.45, 7) is 3.45. The van der Waals surface area contributed by atoms with Crippen molar-refractivity contribution in [3.05, 3.63) is 30.0 Å². The molecule has 0 atom stereocenters. The SMILES string of the molecule is CCCn1c(CN)nnc1SCc1ccco1. The number of aromatic nitrogens is 3. The fraction of sp³-hybridized carbons (Fsp3) is 0.455. The molecule has 2 rings (SSSR count). The van der Waals surface area contributed by atoms with Gasteiger partial charge >= 0.3 is 0 Å². The second kappa shape index (κ2) is 5.88. The van der Waals surface area contributed by atoms with E-state index in [1.807, 2.05) is 12.1 Å². The second-order valence-corrected chi connectivity index (χ2v) is 4.57. The minimum Gasteiger partial charge on any atom is -0.468 e. The highest BCUT2D eigenvalue weighted by Gasteiger charge is 2.11. The van der Waals surface area contributed by atoms with Crippen molar-refractivity contribution in [3.63, 3.8) is 0 Å². The van der Waals surface area contributed by atoms with E-state index in [9.17, 15) is 0 Å². The maximum Gasteiger partial charge on any atom is 0.191 e. The molecule has 92 valence electrons. The van der Waals surface area contributed by atoms with Crippen molar-refractivity contribution in [2.75, 3.05) is 0 Å². The Morgan fingerprint density at radius 1 is 1.47 bits per heavy atom. The van der Waals surface area contributed by atoms with E-state index in [1.165, 1.54) is 0 Å². The highest BCUT2D eigenvalue weighted by atomic mass is 32.2. The van der Waals surface area contributed by atoms with Gasteiger partial charge in [-0.3, -0.25) is 0 Å². The van der Waals surface area contributed by atoms with Crippen molar-refractivity contribution in [2.45, 2.75) is 37.3 Å². The number of nitrogens with zero attached hydrogens (tertiary/aromatic N) is 3. The van der Waals surface area contributed by atoms with Crippen LogP contribution in [0.4, 0.5) is 0 Å². The lowest BCUT2D eigenvalue weighted by Gasteiger charge is -2.06. The largest absolute Gasteiger partial charge is 0.468 e. The molecular formula is C11H16N4OS. The van der Waals surface area contributed by atoms with Crippen LogP contribution in [0, 0.1) is 0 Å². The Labute approximate surface area is 104 Å². The summed E-state index contributed by atoms with van der Waals surface area (Å²) in [4.78, 5) is 0. The first-order valence-electron chi connectivity index (χ1n) is 5.62. The van der Waals surface area contributed by atoms with E-state index >= 15 is 0 Å². The number of hydrogen-bond donors (Lipinski definition) is 1. The fourth-order valence-corrected chi connectivity index (χ4v) is 2.44. The first kappa shape index (κ1) is 12.2. The summed E-state index contributed by atoms with van der Waals surface area (Å²) >= 11 is 1.62. The third kappa shape index (κ3) is 2.89. The first-order chi connectivity index (χ1) is 8.35. The molecule has 0 aromatic carbocycles. The van der Waals surface area contributed by atoms with E-state index < -0.39 is 0 Å². The molecule has 0 fully saturated rings. The van der Waals surface area contributed by atoms with Crippen molar-refractivity contribution in [1.82, 2.24) is 14.8 Å². The molecule has 2 heterocycles. The molecule has 0 saturated carbocycles. The molecule has 6 heteroatoms. The molecule has 17 heavy (non-hydrogen) atoms. The molecule has 0 radical (unpaired) electrons. The third-order valence-corrected chi connectivity index (χ3v) is 3.34. The molecular weight excluding hydrogens is 236 g/mol. The normalized spacial score (nSPS) is 10.9. The van der Waals surface area contributed by atoms with Crippen molar-refractivity contribution in [2.24, 2.45) is 5.73 Å². The van der Waals surface area contributed by atoms with Gasteiger partial charge in [-0.1, -0.05) is 18.7 Å². The lowest BCUT2D eigenvalue weighted by Crippen LogP contribution is -2.09. The van der Waals surface area contributed by atoms with Crippen LogP contribution in [0.1, 0.15) is 24.9 Å². The van der Waals surface area contributed by atoms with Crippen LogP contribution in [0.5, 0.6) is 0 Å². The number of nitrogens with two attached hydrogens (primary N) is 1. The molecule has 2 N–H and O–H groups in total. The minimum atomic E-state index is 0.425. The summed E-state index contributed by atoms with van der Waals surface area (Å²) in [5.74, 6) is 2.54. The van der Waals surface area contributed by atoms with Gasteiger partial charge in [0, 0.05) is 6.54 Å². The molecule has 0 aliphatic carbocycles. The van der Waals surface area contributed by atoms with E-state index in [0.29, 0.717) is 6.54 Å². The molecule has 0 aliphatic rings. The maximum absolute atomic E-state index is 5.63. The summed E-state index contributed by atoms with van der Waals surface area (Å²) in [6.07, 6.45) is 2.72. The summed E-state index contributed by atoms with van der Waals surface area (Å²) in [6, 6.07) is 3.84. The molecule has 0 aliphatic heterocycles. The Morgan fingerprint density at radius 2 is 2.35 bits per heavy atom. The van der Waals surface area contributed by atoms with Crippen LogP contribution in [0.2, 0.25) is 0 Å². The van der Waals surface area contributed by atoms with E-state index in [0.717, 1.165) is 35.5 Å². The minimum absolute atomic E-state index is 0.425. The van der Waals surface area contributed by atoms with Crippen LogP contribution >= 0.6 is 11.8 Å². The average molecular weight is 252 g/mol. The highest BCUT2D eigenvalue weighted by Crippen LogP contribution is 2.22. The van der Waals surface area contributed by atoms with Crippen LogP contribution in [0.15, 0.2) is 28.0 Å². The molecule has 0 saturated heterocycles. The van der Waals surface area contributed by atoms with Crippen LogP contribution < -0.4 is 5.73 Å². The van der Waals surface area contributed by atoms with Gasteiger partial charge in [0.25, 0.3) is 0 Å². The van der Waals surface area contributed by atoms with Gasteiger partial charge in [-0.25, -0.2) is 0 Å². The van der Waals surface area contributed by atoms with E-state index in [-0.39, 0.29) is 0 Å². The van der Waals surface area contributed by atoms with E-state index in [1.54, 1.807) is 18.0 Å². The van der Waals surface area contributed by atoms with Gasteiger partial charge in [0.15, 0.2) is 5.16 Å². The van der Waals surface area contributed by atoms with Crippen LogP contribution in [-0.2, 0) is 18.8 Å². The predicted octanol–water partition coefficient (Wildman–Crippen LogP) is 2.03. The lowest BCUT2D eigenvalue weighted by atomic mass is 10.4. The standard InChI is InChI=1S/C11H16N4OS/c1-2-5-15-10(7-12)13-14-11(15)17-8-9-4-3-6-16-9/h3-4,6H,2,5,7-8,12H2,1H3. The average Bonchev–Trinajstić information content (AvgIpc) is 2.96. The van der Waals surface area contributed by atoms with Gasteiger partial charge in [0.1, 0.15) is 11.6 Å². The fourth-order valence-electron chi connectivity index (χ4n) is 1.56. The van der Waals surface area contributed by atoms with Gasteiger partial charge in [0.05, 0.1) is 18.6 Å². The monoisotopic (exact) mass is 252 g/mol. The van der Waals surface area contributed by atoms with Crippen LogP contribution in [-0.4, -0.2) is 14.8 Å². The van der Waals surface area contributed by atoms with Gasteiger partial charge in [-0.15, -0.1) is 10.2 Å². The Hall–Kier alpha value is -1.27. The zero-order valence-corrected chi connectivity index (χ0v) is 10.6. The molecule has 2 aromatic rings. The maximum atomic E-state index is 5.63. The summed E-state index contributed by atoms with van der Waals surface area (Å²) < 4.78 is 7.36. The Kier molecular flexibility index (Phi) is 4.22. The number of rotatable bonds is 6.